The summed E-state index contributed by atoms with van der Waals surface area (Å²) in [6.45, 7) is 1.58. The summed E-state index contributed by atoms with van der Waals surface area (Å²) in [6, 6.07) is 17.8. The van der Waals surface area contributed by atoms with Gasteiger partial charge < -0.3 is 19.5 Å². The van der Waals surface area contributed by atoms with E-state index in [4.69, 9.17) is 14.2 Å². The number of amides is 1. The summed E-state index contributed by atoms with van der Waals surface area (Å²) in [5.74, 6) is -0.651. The molecule has 35 heavy (non-hydrogen) atoms. The van der Waals surface area contributed by atoms with E-state index in [1.165, 1.54) is 19.2 Å². The molecule has 3 aromatic carbocycles. The van der Waals surface area contributed by atoms with Crippen molar-refractivity contribution >= 4 is 27.6 Å². The van der Waals surface area contributed by atoms with Crippen molar-refractivity contribution in [2.45, 2.75) is 18.4 Å². The fourth-order valence-corrected chi connectivity index (χ4v) is 4.35. The van der Waals surface area contributed by atoms with E-state index in [0.29, 0.717) is 11.4 Å². The lowest BCUT2D eigenvalue weighted by Gasteiger charge is -2.13. The van der Waals surface area contributed by atoms with Crippen LogP contribution in [0, 0.1) is 6.92 Å². The van der Waals surface area contributed by atoms with Crippen LogP contribution in [0.1, 0.15) is 21.5 Å². The highest BCUT2D eigenvalue weighted by Gasteiger charge is 2.23. The number of rotatable bonds is 10. The normalized spacial score (nSPS) is 10.8. The molecular weight excluding hydrogens is 472 g/mol. The summed E-state index contributed by atoms with van der Waals surface area (Å²) in [6.07, 6.45) is 0. The summed E-state index contributed by atoms with van der Waals surface area (Å²) in [5, 5.41) is 2.64. The molecule has 0 atom stereocenters. The van der Waals surface area contributed by atoms with Crippen molar-refractivity contribution in [1.82, 2.24) is 5.32 Å². The molecule has 0 saturated carbocycles. The quantitative estimate of drug-likeness (QED) is 0.412. The van der Waals surface area contributed by atoms with E-state index in [0.717, 1.165) is 17.2 Å². The zero-order valence-electron chi connectivity index (χ0n) is 19.5. The van der Waals surface area contributed by atoms with Crippen molar-refractivity contribution in [2.24, 2.45) is 0 Å². The molecule has 3 aromatic rings. The number of benzene rings is 3. The summed E-state index contributed by atoms with van der Waals surface area (Å²) >= 11 is 0. The summed E-state index contributed by atoms with van der Waals surface area (Å²) in [5.41, 5.74) is 2.10. The first-order valence-electron chi connectivity index (χ1n) is 10.6. The van der Waals surface area contributed by atoms with Crippen molar-refractivity contribution in [2.75, 3.05) is 25.5 Å². The third kappa shape index (κ3) is 6.97. The third-order valence-corrected chi connectivity index (χ3v) is 6.35. The van der Waals surface area contributed by atoms with Crippen molar-refractivity contribution in [3.05, 3.63) is 83.4 Å². The number of aryl methyl sites for hydroxylation is 1. The van der Waals surface area contributed by atoms with Gasteiger partial charge in [-0.05, 0) is 55.0 Å². The highest BCUT2D eigenvalue weighted by molar-refractivity contribution is 7.92. The molecule has 0 bridgehead atoms. The second-order valence-electron chi connectivity index (χ2n) is 7.54. The van der Waals surface area contributed by atoms with Gasteiger partial charge in [-0.1, -0.05) is 29.8 Å². The van der Waals surface area contributed by atoms with Crippen LogP contribution in [0.5, 0.6) is 11.5 Å². The first-order valence-corrected chi connectivity index (χ1v) is 12.0. The molecule has 1 amide bonds. The fourth-order valence-electron chi connectivity index (χ4n) is 3.09. The highest BCUT2D eigenvalue weighted by atomic mass is 32.2. The third-order valence-electron chi connectivity index (χ3n) is 4.95. The van der Waals surface area contributed by atoms with Crippen molar-refractivity contribution < 1.29 is 32.2 Å². The maximum Gasteiger partial charge on any atom is 0.338 e. The number of carbonyl (C=O) groups is 2. The number of nitrogens with one attached hydrogen (secondary N) is 2. The van der Waals surface area contributed by atoms with Gasteiger partial charge in [-0.25, -0.2) is 13.2 Å². The van der Waals surface area contributed by atoms with Crippen LogP contribution in [0.4, 0.5) is 5.69 Å². The molecule has 0 aromatic heterocycles. The molecule has 0 fully saturated rings. The molecule has 0 radical (unpaired) electrons. The molecule has 9 nitrogen and oxygen atoms in total. The second kappa shape index (κ2) is 11.4. The standard InChI is InChI=1S/C25H26N2O7S/c1-17-7-10-20(11-8-17)27-35(30,31)23-14-19(9-12-22(23)33-3)25(29)34-16-24(28)26-15-18-5-4-6-21(13-18)32-2/h4-14,27H,15-16H2,1-3H3,(H,26,28). The number of anilines is 1. The number of hydrogen-bond donors (Lipinski definition) is 2. The number of sulfonamides is 1. The maximum absolute atomic E-state index is 13.0. The molecule has 0 heterocycles. The molecule has 0 unspecified atom stereocenters. The van der Waals surface area contributed by atoms with E-state index < -0.39 is 28.5 Å². The molecule has 184 valence electrons. The predicted molar refractivity (Wildman–Crippen MR) is 130 cm³/mol. The molecular formula is C25H26N2O7S. The number of ether oxygens (including phenoxy) is 3. The van der Waals surface area contributed by atoms with Gasteiger partial charge >= 0.3 is 5.97 Å². The SMILES string of the molecule is COc1cccc(CNC(=O)COC(=O)c2ccc(OC)c(S(=O)(=O)Nc3ccc(C)cc3)c2)c1. The number of hydrogen-bond acceptors (Lipinski definition) is 7. The van der Waals surface area contributed by atoms with Crippen molar-refractivity contribution in [3.8, 4) is 11.5 Å². The zero-order valence-corrected chi connectivity index (χ0v) is 20.3. The van der Waals surface area contributed by atoms with Crippen LogP contribution >= 0.6 is 0 Å². The molecule has 0 aliphatic carbocycles. The zero-order chi connectivity index (χ0) is 25.4. The van der Waals surface area contributed by atoms with E-state index >= 15 is 0 Å². The van der Waals surface area contributed by atoms with Gasteiger partial charge in [-0.15, -0.1) is 0 Å². The van der Waals surface area contributed by atoms with Crippen LogP contribution in [0.2, 0.25) is 0 Å². The lowest BCUT2D eigenvalue weighted by Crippen LogP contribution is -2.28. The molecule has 0 spiro atoms. The van der Waals surface area contributed by atoms with Gasteiger partial charge in [-0.2, -0.15) is 0 Å². The van der Waals surface area contributed by atoms with E-state index in [-0.39, 0.29) is 22.8 Å². The maximum atomic E-state index is 13.0. The van der Waals surface area contributed by atoms with Gasteiger partial charge in [0.05, 0.1) is 19.8 Å². The lowest BCUT2D eigenvalue weighted by molar-refractivity contribution is -0.124. The first kappa shape index (κ1) is 25.6. The Hall–Kier alpha value is -4.05. The Bertz CT molecular complexity index is 1310. The van der Waals surface area contributed by atoms with Gasteiger partial charge in [0, 0.05) is 12.2 Å². The minimum atomic E-state index is -4.07. The fraction of sp³-hybridized carbons (Fsp3) is 0.200. The average molecular weight is 499 g/mol. The summed E-state index contributed by atoms with van der Waals surface area (Å²) in [4.78, 5) is 24.4. The monoisotopic (exact) mass is 498 g/mol. The number of methoxy groups -OCH3 is 2. The van der Waals surface area contributed by atoms with E-state index in [1.54, 1.807) is 49.6 Å². The van der Waals surface area contributed by atoms with Crippen LogP contribution in [0.3, 0.4) is 0 Å². The molecule has 0 aliphatic rings. The molecule has 2 N–H and O–H groups in total. The Kier molecular flexibility index (Phi) is 8.32. The largest absolute Gasteiger partial charge is 0.497 e. The molecule has 0 saturated heterocycles. The Morgan fingerprint density at radius 1 is 0.914 bits per heavy atom. The van der Waals surface area contributed by atoms with Crippen molar-refractivity contribution in [1.29, 1.82) is 0 Å². The molecule has 3 rings (SSSR count). The number of esters is 1. The highest BCUT2D eigenvalue weighted by Crippen LogP contribution is 2.27. The molecule has 10 heteroatoms. The van der Waals surface area contributed by atoms with Crippen LogP contribution in [0.25, 0.3) is 0 Å². The smallest absolute Gasteiger partial charge is 0.338 e. The van der Waals surface area contributed by atoms with Gasteiger partial charge in [0.25, 0.3) is 15.9 Å². The van der Waals surface area contributed by atoms with Gasteiger partial charge in [0.2, 0.25) is 0 Å². The van der Waals surface area contributed by atoms with Gasteiger partial charge in [0.1, 0.15) is 16.4 Å². The lowest BCUT2D eigenvalue weighted by atomic mass is 10.2. The van der Waals surface area contributed by atoms with Crippen LogP contribution < -0.4 is 19.5 Å². The van der Waals surface area contributed by atoms with Crippen molar-refractivity contribution in [3.63, 3.8) is 0 Å². The average Bonchev–Trinajstić information content (AvgIpc) is 2.87. The van der Waals surface area contributed by atoms with E-state index in [9.17, 15) is 18.0 Å². The van der Waals surface area contributed by atoms with E-state index in [1.807, 2.05) is 13.0 Å². The van der Waals surface area contributed by atoms with E-state index in [2.05, 4.69) is 10.0 Å². The van der Waals surface area contributed by atoms with Crippen LogP contribution in [-0.4, -0.2) is 41.1 Å². The summed E-state index contributed by atoms with van der Waals surface area (Å²) < 4.78 is 43.7. The van der Waals surface area contributed by atoms with Crippen LogP contribution in [0.15, 0.2) is 71.6 Å². The minimum absolute atomic E-state index is 0.0457. The Labute approximate surface area is 204 Å². The Balaban J connectivity index is 1.65. The number of carbonyl (C=O) groups excluding carboxylic acids is 2. The second-order valence-corrected chi connectivity index (χ2v) is 9.19. The van der Waals surface area contributed by atoms with Gasteiger partial charge in [-0.3, -0.25) is 9.52 Å². The topological polar surface area (TPSA) is 120 Å². The predicted octanol–water partition coefficient (Wildman–Crippen LogP) is 3.29. The Morgan fingerprint density at radius 3 is 2.34 bits per heavy atom. The molecule has 0 aliphatic heterocycles. The first-order chi connectivity index (χ1) is 16.7. The van der Waals surface area contributed by atoms with Gasteiger partial charge in [0.15, 0.2) is 6.61 Å². The van der Waals surface area contributed by atoms with Crippen LogP contribution in [-0.2, 0) is 26.1 Å². The minimum Gasteiger partial charge on any atom is -0.497 e. The Morgan fingerprint density at radius 2 is 1.66 bits per heavy atom. The summed E-state index contributed by atoms with van der Waals surface area (Å²) in [7, 11) is -1.20.